The summed E-state index contributed by atoms with van der Waals surface area (Å²) in [5, 5.41) is 12.3. The van der Waals surface area contributed by atoms with Gasteiger partial charge in [-0.3, -0.25) is 9.36 Å². The van der Waals surface area contributed by atoms with Gasteiger partial charge < -0.3 is 9.88 Å². The zero-order chi connectivity index (χ0) is 23.1. The number of fused-ring (bicyclic) bond motifs is 3. The number of amides is 1. The number of benzene rings is 2. The Labute approximate surface area is 197 Å². The van der Waals surface area contributed by atoms with Crippen molar-refractivity contribution in [2.45, 2.75) is 31.8 Å². The molecule has 7 heteroatoms. The quantitative estimate of drug-likeness (QED) is 0.447. The van der Waals surface area contributed by atoms with Crippen LogP contribution in [0.15, 0.2) is 85.6 Å². The number of carbonyl (C=O) groups excluding carboxylic acids is 1. The third-order valence-electron chi connectivity index (χ3n) is 6.76. The highest BCUT2D eigenvalue weighted by Crippen LogP contribution is 2.37. The number of rotatable bonds is 4. The van der Waals surface area contributed by atoms with Gasteiger partial charge in [0, 0.05) is 16.6 Å². The van der Waals surface area contributed by atoms with Gasteiger partial charge in [-0.15, -0.1) is 10.2 Å². The van der Waals surface area contributed by atoms with E-state index >= 15 is 0 Å². The maximum absolute atomic E-state index is 13.4. The van der Waals surface area contributed by atoms with Crippen molar-refractivity contribution in [1.82, 2.24) is 29.6 Å². The second kappa shape index (κ2) is 7.95. The van der Waals surface area contributed by atoms with Gasteiger partial charge in [-0.2, -0.15) is 0 Å². The Hall–Kier alpha value is -4.26. The van der Waals surface area contributed by atoms with Gasteiger partial charge in [-0.25, -0.2) is 4.98 Å². The molecular weight excluding hydrogens is 424 g/mol. The molecule has 1 aliphatic heterocycles. The molecule has 0 bridgehead atoms. The second-order valence-corrected chi connectivity index (χ2v) is 8.96. The Balaban J connectivity index is 1.36. The van der Waals surface area contributed by atoms with Crippen molar-refractivity contribution in [3.63, 3.8) is 0 Å². The normalized spacial score (nSPS) is 17.4. The number of pyridine rings is 1. The number of hydrogen-bond acceptors (Lipinski definition) is 4. The van der Waals surface area contributed by atoms with Gasteiger partial charge in [-0.05, 0) is 55.7 Å². The molecule has 6 rings (SSSR count). The van der Waals surface area contributed by atoms with Crippen LogP contribution in [0.4, 0.5) is 0 Å². The maximum atomic E-state index is 13.4. The molecule has 2 aromatic carbocycles. The first-order valence-electron chi connectivity index (χ1n) is 11.4. The molecule has 0 spiro atoms. The summed E-state index contributed by atoms with van der Waals surface area (Å²) in [7, 11) is 0. The number of aryl methyl sites for hydroxylation is 2. The fourth-order valence-corrected chi connectivity index (χ4v) is 4.99. The molecule has 7 nitrogen and oxygen atoms in total. The van der Waals surface area contributed by atoms with Crippen LogP contribution in [0.5, 0.6) is 0 Å². The van der Waals surface area contributed by atoms with E-state index in [0.29, 0.717) is 12.2 Å². The third-order valence-corrected chi connectivity index (χ3v) is 6.76. The number of aromatic nitrogens is 5. The lowest BCUT2D eigenvalue weighted by molar-refractivity contribution is 0.0863. The van der Waals surface area contributed by atoms with Crippen LogP contribution in [-0.2, 0) is 18.5 Å². The summed E-state index contributed by atoms with van der Waals surface area (Å²) in [6.45, 7) is 2.79. The average molecular weight is 449 g/mol. The molecule has 34 heavy (non-hydrogen) atoms. The minimum absolute atomic E-state index is 0.185. The van der Waals surface area contributed by atoms with Crippen molar-refractivity contribution in [2.75, 3.05) is 0 Å². The molecule has 168 valence electrons. The fourth-order valence-electron chi connectivity index (χ4n) is 4.99. The van der Waals surface area contributed by atoms with Crippen LogP contribution in [0, 0.1) is 6.92 Å². The molecule has 1 amide bonds. The molecule has 1 atom stereocenters. The van der Waals surface area contributed by atoms with Gasteiger partial charge in [0.15, 0.2) is 0 Å². The van der Waals surface area contributed by atoms with Crippen LogP contribution in [0.3, 0.4) is 0 Å². The third kappa shape index (κ3) is 3.46. The lowest BCUT2D eigenvalue weighted by Crippen LogP contribution is -2.51. The van der Waals surface area contributed by atoms with Gasteiger partial charge >= 0.3 is 0 Å². The molecule has 0 fully saturated rings. The van der Waals surface area contributed by atoms with E-state index in [0.717, 1.165) is 24.1 Å². The number of hydrogen-bond donors (Lipinski definition) is 1. The highest BCUT2D eigenvalue weighted by molar-refractivity contribution is 5.93. The molecule has 5 aromatic rings. The highest BCUT2D eigenvalue weighted by atomic mass is 16.2. The maximum Gasteiger partial charge on any atom is 0.270 e. The first-order chi connectivity index (χ1) is 16.6. The summed E-state index contributed by atoms with van der Waals surface area (Å²) >= 11 is 0. The lowest BCUT2D eigenvalue weighted by Gasteiger charge is -2.40. The van der Waals surface area contributed by atoms with Crippen molar-refractivity contribution < 1.29 is 4.79 Å². The summed E-state index contributed by atoms with van der Waals surface area (Å²) in [6.07, 6.45) is 6.56. The molecule has 0 radical (unpaired) electrons. The van der Waals surface area contributed by atoms with Crippen molar-refractivity contribution in [2.24, 2.45) is 0 Å². The van der Waals surface area contributed by atoms with Crippen molar-refractivity contribution in [3.8, 4) is 5.69 Å². The smallest absolute Gasteiger partial charge is 0.270 e. The Morgan fingerprint density at radius 1 is 1.00 bits per heavy atom. The first-order valence-corrected chi connectivity index (χ1v) is 11.4. The summed E-state index contributed by atoms with van der Waals surface area (Å²) in [6, 6.07) is 22.7. The highest BCUT2D eigenvalue weighted by Gasteiger charge is 2.38. The Kier molecular flexibility index (Phi) is 4.76. The average Bonchev–Trinajstić information content (AvgIpc) is 3.52. The molecule has 0 saturated heterocycles. The van der Waals surface area contributed by atoms with E-state index in [9.17, 15) is 4.79 Å². The molecular formula is C27H24N6O. The zero-order valence-electron chi connectivity index (χ0n) is 18.8. The van der Waals surface area contributed by atoms with Gasteiger partial charge in [0.2, 0.25) is 0 Å². The van der Waals surface area contributed by atoms with Crippen LogP contribution in [0.2, 0.25) is 0 Å². The minimum atomic E-state index is -0.531. The lowest BCUT2D eigenvalue weighted by atomic mass is 9.82. The zero-order valence-corrected chi connectivity index (χ0v) is 18.8. The molecule has 1 N–H and O–H groups in total. The van der Waals surface area contributed by atoms with E-state index < -0.39 is 5.54 Å². The Morgan fingerprint density at radius 3 is 2.59 bits per heavy atom. The number of nitrogens with one attached hydrogen (secondary N) is 1. The van der Waals surface area contributed by atoms with E-state index in [1.807, 2.05) is 24.3 Å². The summed E-state index contributed by atoms with van der Waals surface area (Å²) in [4.78, 5) is 17.9. The van der Waals surface area contributed by atoms with Gasteiger partial charge in [0.25, 0.3) is 5.91 Å². The van der Waals surface area contributed by atoms with E-state index in [4.69, 9.17) is 0 Å². The predicted molar refractivity (Wildman–Crippen MR) is 130 cm³/mol. The van der Waals surface area contributed by atoms with Crippen LogP contribution < -0.4 is 5.32 Å². The SMILES string of the molecule is Cc1ccc2c(c1)cc1n2C[C@@](NC(=O)c2ccc(-n3cnnc3)cn2)(c2ccccc2)CC1. The fraction of sp³-hybridized carbons (Fsp3) is 0.185. The number of nitrogens with zero attached hydrogens (tertiary/aromatic N) is 5. The second-order valence-electron chi connectivity index (χ2n) is 8.96. The molecule has 3 aromatic heterocycles. The number of carbonyl (C=O) groups is 1. The van der Waals surface area contributed by atoms with Gasteiger partial charge in [-0.1, -0.05) is 42.0 Å². The monoisotopic (exact) mass is 448 g/mol. The molecule has 0 unspecified atom stereocenters. The van der Waals surface area contributed by atoms with Crippen LogP contribution in [0.25, 0.3) is 16.6 Å². The van der Waals surface area contributed by atoms with E-state index in [1.165, 1.54) is 22.2 Å². The first kappa shape index (κ1) is 20.4. The Morgan fingerprint density at radius 2 is 1.82 bits per heavy atom. The van der Waals surface area contributed by atoms with E-state index in [1.54, 1.807) is 29.5 Å². The van der Waals surface area contributed by atoms with Gasteiger partial charge in [0.1, 0.15) is 18.3 Å². The summed E-state index contributed by atoms with van der Waals surface area (Å²) in [5.41, 5.74) is 5.51. The van der Waals surface area contributed by atoms with E-state index in [-0.39, 0.29) is 5.91 Å². The van der Waals surface area contributed by atoms with Crippen LogP contribution in [-0.4, -0.2) is 30.2 Å². The topological polar surface area (TPSA) is 77.6 Å². The molecule has 1 aliphatic rings. The van der Waals surface area contributed by atoms with Crippen molar-refractivity contribution in [3.05, 3.63) is 108 Å². The molecule has 0 aliphatic carbocycles. The predicted octanol–water partition coefficient (Wildman–Crippen LogP) is 4.20. The van der Waals surface area contributed by atoms with E-state index in [2.05, 4.69) is 68.4 Å². The summed E-state index contributed by atoms with van der Waals surface area (Å²) in [5.74, 6) is -0.185. The Bertz CT molecular complexity index is 1470. The van der Waals surface area contributed by atoms with Crippen LogP contribution >= 0.6 is 0 Å². The van der Waals surface area contributed by atoms with Crippen molar-refractivity contribution in [1.29, 1.82) is 0 Å². The summed E-state index contributed by atoms with van der Waals surface area (Å²) < 4.78 is 4.11. The minimum Gasteiger partial charge on any atom is -0.342 e. The molecule has 0 saturated carbocycles. The van der Waals surface area contributed by atoms with Crippen LogP contribution in [0.1, 0.15) is 33.7 Å². The van der Waals surface area contributed by atoms with Crippen molar-refractivity contribution >= 4 is 16.8 Å². The van der Waals surface area contributed by atoms with Gasteiger partial charge in [0.05, 0.1) is 24.0 Å². The standard InChI is InChI=1S/C27H24N6O/c1-19-7-10-25-20(13-19)14-22-11-12-27(16-33(22)25,21-5-3-2-4-6-21)31-26(34)24-9-8-23(15-28-24)32-17-29-30-18-32/h2-10,13-15,17-18H,11-12,16H2,1H3,(H,31,34)/t27-/m1/s1. The largest absolute Gasteiger partial charge is 0.342 e. The molecule has 4 heterocycles.